The zero-order valence-corrected chi connectivity index (χ0v) is 10.2. The van der Waals surface area contributed by atoms with E-state index >= 15 is 0 Å². The van der Waals surface area contributed by atoms with Gasteiger partial charge in [0.15, 0.2) is 0 Å². The Morgan fingerprint density at radius 2 is 2.00 bits per heavy atom. The summed E-state index contributed by atoms with van der Waals surface area (Å²) in [6.07, 6.45) is 1.81. The molecule has 0 spiro atoms. The van der Waals surface area contributed by atoms with E-state index in [0.717, 1.165) is 17.7 Å². The van der Waals surface area contributed by atoms with Crippen molar-refractivity contribution in [1.82, 2.24) is 9.80 Å². The zero-order valence-electron chi connectivity index (χ0n) is 10.2. The highest BCUT2D eigenvalue weighted by Crippen LogP contribution is 2.10. The molecule has 0 aliphatic carbocycles. The number of nitrogens with zero attached hydrogens (tertiary/aromatic N) is 2. The summed E-state index contributed by atoms with van der Waals surface area (Å²) >= 11 is 0. The second-order valence-electron chi connectivity index (χ2n) is 4.16. The topological polar surface area (TPSA) is 77.9 Å². The third-order valence-electron chi connectivity index (χ3n) is 2.95. The minimum atomic E-state index is -1.09. The number of carbonyl (C=O) groups excluding carboxylic acids is 2. The lowest BCUT2D eigenvalue weighted by Gasteiger charge is -2.35. The van der Waals surface area contributed by atoms with E-state index in [0.29, 0.717) is 19.6 Å². The van der Waals surface area contributed by atoms with Crippen LogP contribution in [0.15, 0.2) is 0 Å². The first kappa shape index (κ1) is 13.5. The van der Waals surface area contributed by atoms with Gasteiger partial charge in [-0.3, -0.25) is 9.59 Å². The van der Waals surface area contributed by atoms with E-state index in [4.69, 9.17) is 5.11 Å². The van der Waals surface area contributed by atoms with Gasteiger partial charge >= 0.3 is 17.8 Å². The summed E-state index contributed by atoms with van der Waals surface area (Å²) in [7, 11) is 0. The van der Waals surface area contributed by atoms with Crippen LogP contribution in [-0.4, -0.2) is 58.4 Å². The molecule has 1 aliphatic rings. The van der Waals surface area contributed by atoms with E-state index in [1.165, 1.54) is 11.8 Å². The SMILES string of the molecule is CCCCN1CCN([C@H](C)C(=O)O)C(=O)C1=O. The Hall–Kier alpha value is -1.59. The second-order valence-corrected chi connectivity index (χ2v) is 4.16. The van der Waals surface area contributed by atoms with Gasteiger partial charge in [0, 0.05) is 19.6 Å². The fourth-order valence-electron chi connectivity index (χ4n) is 1.75. The van der Waals surface area contributed by atoms with Crippen LogP contribution in [0.5, 0.6) is 0 Å². The van der Waals surface area contributed by atoms with Gasteiger partial charge in [-0.2, -0.15) is 0 Å². The number of carboxylic acids is 1. The van der Waals surface area contributed by atoms with Gasteiger partial charge in [0.1, 0.15) is 6.04 Å². The minimum Gasteiger partial charge on any atom is -0.480 e. The van der Waals surface area contributed by atoms with Gasteiger partial charge in [0.05, 0.1) is 0 Å². The van der Waals surface area contributed by atoms with Crippen molar-refractivity contribution in [2.24, 2.45) is 0 Å². The molecule has 96 valence electrons. The molecule has 0 unspecified atom stereocenters. The molecule has 1 saturated heterocycles. The van der Waals surface area contributed by atoms with Gasteiger partial charge in [-0.1, -0.05) is 13.3 Å². The molecular formula is C11H18N2O4. The number of hydrogen-bond acceptors (Lipinski definition) is 3. The van der Waals surface area contributed by atoms with Gasteiger partial charge in [-0.05, 0) is 13.3 Å². The lowest BCUT2D eigenvalue weighted by atomic mass is 10.2. The third-order valence-corrected chi connectivity index (χ3v) is 2.95. The molecule has 0 radical (unpaired) electrons. The molecule has 2 amide bonds. The molecule has 17 heavy (non-hydrogen) atoms. The molecule has 1 rings (SSSR count). The average Bonchev–Trinajstić information content (AvgIpc) is 2.30. The predicted octanol–water partition coefficient (Wildman–Crippen LogP) is -0.0696. The lowest BCUT2D eigenvalue weighted by Crippen LogP contribution is -2.58. The van der Waals surface area contributed by atoms with Crippen LogP contribution in [0.3, 0.4) is 0 Å². The Bertz CT molecular complexity index is 329. The molecule has 0 saturated carbocycles. The summed E-state index contributed by atoms with van der Waals surface area (Å²) in [5.41, 5.74) is 0. The highest BCUT2D eigenvalue weighted by Gasteiger charge is 2.36. The van der Waals surface area contributed by atoms with Crippen LogP contribution in [0.25, 0.3) is 0 Å². The van der Waals surface area contributed by atoms with Crippen molar-refractivity contribution < 1.29 is 19.5 Å². The molecule has 6 nitrogen and oxygen atoms in total. The minimum absolute atomic E-state index is 0.293. The molecule has 1 aliphatic heterocycles. The standard InChI is InChI=1S/C11H18N2O4/c1-3-4-5-12-6-7-13(8(2)11(16)17)10(15)9(12)14/h8H,3-7H2,1-2H3,(H,16,17)/t8-/m1/s1. The maximum absolute atomic E-state index is 11.7. The Balaban J connectivity index is 2.65. The van der Waals surface area contributed by atoms with Crippen LogP contribution in [0, 0.1) is 0 Å². The van der Waals surface area contributed by atoms with Crippen LogP contribution in [0.4, 0.5) is 0 Å². The quantitative estimate of drug-likeness (QED) is 0.684. The molecule has 1 heterocycles. The van der Waals surface area contributed by atoms with Crippen molar-refractivity contribution in [1.29, 1.82) is 0 Å². The monoisotopic (exact) mass is 242 g/mol. The average molecular weight is 242 g/mol. The summed E-state index contributed by atoms with van der Waals surface area (Å²) in [4.78, 5) is 36.8. The predicted molar refractivity (Wildman–Crippen MR) is 60.3 cm³/mol. The van der Waals surface area contributed by atoms with Gasteiger partial charge in [0.2, 0.25) is 0 Å². The number of rotatable bonds is 5. The van der Waals surface area contributed by atoms with Crippen LogP contribution in [0.2, 0.25) is 0 Å². The third kappa shape index (κ3) is 2.95. The largest absolute Gasteiger partial charge is 0.480 e. The van der Waals surface area contributed by atoms with Crippen molar-refractivity contribution in [3.8, 4) is 0 Å². The van der Waals surface area contributed by atoms with Crippen molar-refractivity contribution in [2.75, 3.05) is 19.6 Å². The molecule has 0 aromatic heterocycles. The van der Waals surface area contributed by atoms with E-state index in [1.54, 1.807) is 0 Å². The van der Waals surface area contributed by atoms with Gasteiger partial charge in [0.25, 0.3) is 0 Å². The highest BCUT2D eigenvalue weighted by atomic mass is 16.4. The Kier molecular flexibility index (Phi) is 4.48. The van der Waals surface area contributed by atoms with Crippen molar-refractivity contribution >= 4 is 17.8 Å². The fourth-order valence-corrected chi connectivity index (χ4v) is 1.75. The molecule has 0 aromatic rings. The van der Waals surface area contributed by atoms with Crippen LogP contribution in [0.1, 0.15) is 26.7 Å². The number of amides is 2. The number of unbranched alkanes of at least 4 members (excludes halogenated alkanes) is 1. The number of aliphatic carboxylic acids is 1. The van der Waals surface area contributed by atoms with Crippen molar-refractivity contribution in [3.05, 3.63) is 0 Å². The summed E-state index contributed by atoms with van der Waals surface area (Å²) in [5, 5.41) is 8.83. The Labute approximate surface area is 100 Å². The van der Waals surface area contributed by atoms with Gasteiger partial charge < -0.3 is 14.9 Å². The summed E-state index contributed by atoms with van der Waals surface area (Å²) in [6, 6.07) is -0.945. The maximum Gasteiger partial charge on any atom is 0.326 e. The smallest absolute Gasteiger partial charge is 0.326 e. The molecule has 1 N–H and O–H groups in total. The number of carbonyl (C=O) groups is 3. The van der Waals surface area contributed by atoms with Crippen molar-refractivity contribution in [3.63, 3.8) is 0 Å². The molecule has 0 aromatic carbocycles. The van der Waals surface area contributed by atoms with E-state index in [1.807, 2.05) is 6.92 Å². The highest BCUT2D eigenvalue weighted by molar-refractivity contribution is 6.35. The summed E-state index contributed by atoms with van der Waals surface area (Å²) < 4.78 is 0. The summed E-state index contributed by atoms with van der Waals surface area (Å²) in [6.45, 7) is 4.70. The molecule has 1 atom stereocenters. The van der Waals surface area contributed by atoms with E-state index in [9.17, 15) is 14.4 Å². The first-order valence-corrected chi connectivity index (χ1v) is 5.81. The normalized spacial score (nSPS) is 18.5. The van der Waals surface area contributed by atoms with E-state index in [-0.39, 0.29) is 0 Å². The second kappa shape index (κ2) is 5.65. The number of carboxylic acid groups (broad SMARTS) is 1. The first-order valence-electron chi connectivity index (χ1n) is 5.81. The van der Waals surface area contributed by atoms with Crippen LogP contribution < -0.4 is 0 Å². The van der Waals surface area contributed by atoms with Crippen LogP contribution >= 0.6 is 0 Å². The lowest BCUT2D eigenvalue weighted by molar-refractivity contribution is -0.161. The van der Waals surface area contributed by atoms with E-state index in [2.05, 4.69) is 0 Å². The van der Waals surface area contributed by atoms with Gasteiger partial charge in [-0.25, -0.2) is 4.79 Å². The Morgan fingerprint density at radius 3 is 2.53 bits per heavy atom. The zero-order chi connectivity index (χ0) is 13.0. The van der Waals surface area contributed by atoms with Gasteiger partial charge in [-0.15, -0.1) is 0 Å². The number of hydrogen-bond donors (Lipinski definition) is 1. The first-order chi connectivity index (χ1) is 7.99. The van der Waals surface area contributed by atoms with E-state index < -0.39 is 23.8 Å². The van der Waals surface area contributed by atoms with Crippen LogP contribution in [-0.2, 0) is 14.4 Å². The maximum atomic E-state index is 11.7. The molecular weight excluding hydrogens is 224 g/mol. The molecule has 1 fully saturated rings. The summed E-state index contributed by atoms with van der Waals surface area (Å²) in [5.74, 6) is -2.38. The Morgan fingerprint density at radius 1 is 1.35 bits per heavy atom. The number of piperazine rings is 1. The van der Waals surface area contributed by atoms with Crippen molar-refractivity contribution in [2.45, 2.75) is 32.7 Å². The molecule has 0 bridgehead atoms. The fraction of sp³-hybridized carbons (Fsp3) is 0.727. The molecule has 6 heteroatoms.